The van der Waals surface area contributed by atoms with Gasteiger partial charge in [-0.2, -0.15) is 0 Å². The van der Waals surface area contributed by atoms with E-state index < -0.39 is 0 Å². The summed E-state index contributed by atoms with van der Waals surface area (Å²) >= 11 is 0. The van der Waals surface area contributed by atoms with Crippen LogP contribution in [0.2, 0.25) is 0 Å². The summed E-state index contributed by atoms with van der Waals surface area (Å²) in [6.07, 6.45) is 7.77. The molecule has 1 saturated carbocycles. The van der Waals surface area contributed by atoms with Gasteiger partial charge in [0.25, 0.3) is 0 Å². The zero-order valence-corrected chi connectivity index (χ0v) is 12.5. The van der Waals surface area contributed by atoms with Gasteiger partial charge in [0.05, 0.1) is 0 Å². The first-order valence-electron chi connectivity index (χ1n) is 8.32. The van der Waals surface area contributed by atoms with Crippen molar-refractivity contribution in [2.45, 2.75) is 50.5 Å². The maximum atomic E-state index is 3.81. The van der Waals surface area contributed by atoms with Crippen LogP contribution in [0.4, 0.5) is 5.69 Å². The molecule has 21 heavy (non-hydrogen) atoms. The Morgan fingerprint density at radius 3 is 2.48 bits per heavy atom. The number of benzene rings is 2. The van der Waals surface area contributed by atoms with Crippen LogP contribution in [0.1, 0.15) is 48.3 Å². The van der Waals surface area contributed by atoms with E-state index in [1.807, 2.05) is 0 Å². The summed E-state index contributed by atoms with van der Waals surface area (Å²) in [7, 11) is 0. The Balaban J connectivity index is 1.43. The van der Waals surface area contributed by atoms with Crippen LogP contribution in [0.15, 0.2) is 48.5 Å². The van der Waals surface area contributed by atoms with Crippen molar-refractivity contribution < 1.29 is 0 Å². The number of anilines is 1. The maximum Gasteiger partial charge on any atom is 0.0377 e. The third-order valence-electron chi connectivity index (χ3n) is 5.16. The van der Waals surface area contributed by atoms with Crippen molar-refractivity contribution in [2.75, 3.05) is 5.32 Å². The lowest BCUT2D eigenvalue weighted by molar-refractivity contribution is 0.374. The van der Waals surface area contributed by atoms with Crippen LogP contribution in [0.5, 0.6) is 0 Å². The molecule has 108 valence electrons. The van der Waals surface area contributed by atoms with Gasteiger partial charge in [-0.3, -0.25) is 0 Å². The van der Waals surface area contributed by atoms with Crippen molar-refractivity contribution >= 4 is 5.69 Å². The van der Waals surface area contributed by atoms with Crippen molar-refractivity contribution in [3.05, 3.63) is 65.2 Å². The van der Waals surface area contributed by atoms with Gasteiger partial charge in [-0.1, -0.05) is 42.5 Å². The SMILES string of the molecule is c1ccc(C2CC(Nc3cccc4c3CCCC4)C2)cc1. The number of hydrogen-bond donors (Lipinski definition) is 1. The van der Waals surface area contributed by atoms with Gasteiger partial charge < -0.3 is 5.32 Å². The summed E-state index contributed by atoms with van der Waals surface area (Å²) in [5.41, 5.74) is 6.08. The monoisotopic (exact) mass is 277 g/mol. The molecule has 0 heterocycles. The smallest absolute Gasteiger partial charge is 0.0377 e. The molecule has 0 bridgehead atoms. The number of rotatable bonds is 3. The third-order valence-corrected chi connectivity index (χ3v) is 5.16. The predicted octanol–water partition coefficient (Wildman–Crippen LogP) is 4.92. The van der Waals surface area contributed by atoms with Crippen molar-refractivity contribution in [1.82, 2.24) is 0 Å². The molecule has 2 aliphatic carbocycles. The van der Waals surface area contributed by atoms with E-state index in [9.17, 15) is 0 Å². The molecule has 1 fully saturated rings. The number of hydrogen-bond acceptors (Lipinski definition) is 1. The van der Waals surface area contributed by atoms with E-state index in [1.165, 1.54) is 49.8 Å². The standard InChI is InChI=1S/C20H23N/c1-2-7-15(8-3-1)17-13-18(14-17)21-20-12-6-10-16-9-4-5-11-19(16)20/h1-3,6-8,10,12,17-18,21H,4-5,9,11,13-14H2. The van der Waals surface area contributed by atoms with E-state index in [2.05, 4.69) is 53.8 Å². The minimum Gasteiger partial charge on any atom is -0.382 e. The van der Waals surface area contributed by atoms with Crippen molar-refractivity contribution in [3.63, 3.8) is 0 Å². The topological polar surface area (TPSA) is 12.0 Å². The summed E-state index contributed by atoms with van der Waals surface area (Å²) in [5, 5.41) is 3.81. The van der Waals surface area contributed by atoms with Gasteiger partial charge in [0.15, 0.2) is 0 Å². The highest BCUT2D eigenvalue weighted by Crippen LogP contribution is 2.39. The van der Waals surface area contributed by atoms with Gasteiger partial charge in [0.2, 0.25) is 0 Å². The first-order chi connectivity index (χ1) is 10.4. The Kier molecular flexibility index (Phi) is 3.42. The van der Waals surface area contributed by atoms with Gasteiger partial charge in [0, 0.05) is 11.7 Å². The van der Waals surface area contributed by atoms with E-state index in [4.69, 9.17) is 0 Å². The van der Waals surface area contributed by atoms with Crippen LogP contribution in [0, 0.1) is 0 Å². The van der Waals surface area contributed by atoms with Gasteiger partial charge in [0.1, 0.15) is 0 Å². The van der Waals surface area contributed by atoms with Gasteiger partial charge in [-0.05, 0) is 67.2 Å². The highest BCUT2D eigenvalue weighted by atomic mass is 14.9. The molecule has 0 spiro atoms. The average molecular weight is 277 g/mol. The zero-order chi connectivity index (χ0) is 14.1. The van der Waals surface area contributed by atoms with E-state index >= 15 is 0 Å². The van der Waals surface area contributed by atoms with E-state index in [0.717, 1.165) is 5.92 Å². The van der Waals surface area contributed by atoms with E-state index in [0.29, 0.717) is 6.04 Å². The molecule has 0 unspecified atom stereocenters. The second-order valence-corrected chi connectivity index (χ2v) is 6.57. The molecule has 0 atom stereocenters. The fourth-order valence-electron chi connectivity index (χ4n) is 3.87. The molecular formula is C20H23N. The van der Waals surface area contributed by atoms with Gasteiger partial charge in [-0.15, -0.1) is 0 Å². The lowest BCUT2D eigenvalue weighted by atomic mass is 9.75. The van der Waals surface area contributed by atoms with Crippen LogP contribution in [0.3, 0.4) is 0 Å². The normalized spacial score (nSPS) is 24.0. The molecule has 1 heteroatoms. The molecule has 1 nitrogen and oxygen atoms in total. The minimum absolute atomic E-state index is 0.656. The Morgan fingerprint density at radius 2 is 1.62 bits per heavy atom. The highest BCUT2D eigenvalue weighted by Gasteiger charge is 2.30. The van der Waals surface area contributed by atoms with Crippen molar-refractivity contribution in [1.29, 1.82) is 0 Å². The fraction of sp³-hybridized carbons (Fsp3) is 0.400. The molecule has 4 rings (SSSR count). The largest absolute Gasteiger partial charge is 0.382 e. The van der Waals surface area contributed by atoms with Crippen molar-refractivity contribution in [3.8, 4) is 0 Å². The molecule has 0 radical (unpaired) electrons. The molecule has 0 aliphatic heterocycles. The molecule has 2 aromatic carbocycles. The zero-order valence-electron chi connectivity index (χ0n) is 12.5. The molecule has 0 saturated heterocycles. The quantitative estimate of drug-likeness (QED) is 0.839. The number of nitrogens with one attached hydrogen (secondary N) is 1. The molecule has 0 amide bonds. The number of aryl methyl sites for hydroxylation is 1. The Labute approximate surface area is 127 Å². The van der Waals surface area contributed by atoms with Crippen LogP contribution in [0.25, 0.3) is 0 Å². The van der Waals surface area contributed by atoms with Crippen LogP contribution in [-0.2, 0) is 12.8 Å². The number of fused-ring (bicyclic) bond motifs is 1. The average Bonchev–Trinajstić information content (AvgIpc) is 2.51. The molecular weight excluding hydrogens is 254 g/mol. The summed E-state index contributed by atoms with van der Waals surface area (Å²) in [6, 6.07) is 18.4. The summed E-state index contributed by atoms with van der Waals surface area (Å²) in [4.78, 5) is 0. The van der Waals surface area contributed by atoms with Crippen LogP contribution >= 0.6 is 0 Å². The second kappa shape index (κ2) is 5.55. The lowest BCUT2D eigenvalue weighted by Gasteiger charge is -2.37. The van der Waals surface area contributed by atoms with E-state index in [1.54, 1.807) is 11.1 Å². The maximum absolute atomic E-state index is 3.81. The van der Waals surface area contributed by atoms with Gasteiger partial charge in [-0.25, -0.2) is 0 Å². The van der Waals surface area contributed by atoms with E-state index in [-0.39, 0.29) is 0 Å². The predicted molar refractivity (Wildman–Crippen MR) is 88.9 cm³/mol. The molecule has 2 aromatic rings. The third kappa shape index (κ3) is 2.57. The summed E-state index contributed by atoms with van der Waals surface area (Å²) in [6.45, 7) is 0. The Hall–Kier alpha value is -1.76. The van der Waals surface area contributed by atoms with Crippen LogP contribution < -0.4 is 5.32 Å². The minimum atomic E-state index is 0.656. The first-order valence-corrected chi connectivity index (χ1v) is 8.32. The Morgan fingerprint density at radius 1 is 0.810 bits per heavy atom. The molecule has 1 N–H and O–H groups in total. The second-order valence-electron chi connectivity index (χ2n) is 6.57. The molecule has 0 aromatic heterocycles. The summed E-state index contributed by atoms with van der Waals surface area (Å²) in [5.74, 6) is 0.753. The highest BCUT2D eigenvalue weighted by molar-refractivity contribution is 5.56. The Bertz CT molecular complexity index is 611. The fourth-order valence-corrected chi connectivity index (χ4v) is 3.87. The van der Waals surface area contributed by atoms with Crippen molar-refractivity contribution in [2.24, 2.45) is 0 Å². The van der Waals surface area contributed by atoms with Crippen LogP contribution in [-0.4, -0.2) is 6.04 Å². The first kappa shape index (κ1) is 12.9. The molecule has 2 aliphatic rings. The summed E-state index contributed by atoms with van der Waals surface area (Å²) < 4.78 is 0. The lowest BCUT2D eigenvalue weighted by Crippen LogP contribution is -2.34. The van der Waals surface area contributed by atoms with Gasteiger partial charge >= 0.3 is 0 Å².